The van der Waals surface area contributed by atoms with Gasteiger partial charge in [-0.15, -0.1) is 0 Å². The van der Waals surface area contributed by atoms with Crippen molar-refractivity contribution in [2.24, 2.45) is 11.8 Å². The number of hydrogen-bond donors (Lipinski definition) is 4. The van der Waals surface area contributed by atoms with Gasteiger partial charge in [-0.1, -0.05) is 0 Å². The summed E-state index contributed by atoms with van der Waals surface area (Å²) in [4.78, 5) is 24.9. The zero-order chi connectivity index (χ0) is 17.4. The highest BCUT2D eigenvalue weighted by atomic mass is 16.6. The van der Waals surface area contributed by atoms with E-state index in [9.17, 15) is 14.7 Å². The van der Waals surface area contributed by atoms with Gasteiger partial charge in [0.15, 0.2) is 11.5 Å². The predicted octanol–water partition coefficient (Wildman–Crippen LogP) is -0.171. The molecule has 0 aliphatic carbocycles. The van der Waals surface area contributed by atoms with Crippen molar-refractivity contribution in [2.45, 2.75) is 25.1 Å². The highest BCUT2D eigenvalue weighted by Crippen LogP contribution is 2.33. The Kier molecular flexibility index (Phi) is 4.22. The molecule has 4 N–H and O–H groups in total. The fourth-order valence-corrected chi connectivity index (χ4v) is 3.70. The molecule has 0 aromatic heterocycles. The number of piperidine rings is 2. The Labute approximate surface area is 144 Å². The minimum atomic E-state index is -1.13. The quantitative estimate of drug-likeness (QED) is 0.553. The molecular formula is C17H21N3O5. The Morgan fingerprint density at radius 1 is 1.24 bits per heavy atom. The molecule has 2 saturated heterocycles. The number of rotatable bonds is 2. The number of fused-ring (bicyclic) bond motifs is 2. The largest absolute Gasteiger partial charge is 0.486 e. The van der Waals surface area contributed by atoms with Gasteiger partial charge in [0.1, 0.15) is 19.1 Å². The summed E-state index contributed by atoms with van der Waals surface area (Å²) in [5.41, 5.74) is 0.498. The zero-order valence-corrected chi connectivity index (χ0v) is 13.7. The monoisotopic (exact) mass is 347 g/mol. The van der Waals surface area contributed by atoms with Crippen molar-refractivity contribution in [3.63, 3.8) is 0 Å². The van der Waals surface area contributed by atoms with Crippen LogP contribution in [-0.4, -0.2) is 48.9 Å². The van der Waals surface area contributed by atoms with Crippen LogP contribution in [0, 0.1) is 11.8 Å². The number of aliphatic hydroxyl groups is 1. The average molecular weight is 347 g/mol. The van der Waals surface area contributed by atoms with Crippen LogP contribution in [-0.2, 0) is 9.59 Å². The molecule has 0 spiro atoms. The Morgan fingerprint density at radius 2 is 2.04 bits per heavy atom. The molecule has 4 rings (SSSR count). The molecule has 3 aliphatic rings. The van der Waals surface area contributed by atoms with Crippen LogP contribution in [0.3, 0.4) is 0 Å². The average Bonchev–Trinajstić information content (AvgIpc) is 2.61. The molecule has 2 amide bonds. The first-order valence-corrected chi connectivity index (χ1v) is 8.56. The van der Waals surface area contributed by atoms with Gasteiger partial charge in [0.2, 0.25) is 11.8 Å². The molecule has 2 fully saturated rings. The Bertz CT molecular complexity index is 695. The van der Waals surface area contributed by atoms with Crippen molar-refractivity contribution in [3.05, 3.63) is 18.2 Å². The lowest BCUT2D eigenvalue weighted by molar-refractivity contribution is -0.146. The molecule has 4 atom stereocenters. The maximum absolute atomic E-state index is 12.6. The smallest absolute Gasteiger partial charge is 0.239 e. The molecule has 0 radical (unpaired) electrons. The van der Waals surface area contributed by atoms with Crippen molar-refractivity contribution in [1.29, 1.82) is 0 Å². The van der Waals surface area contributed by atoms with Gasteiger partial charge in [-0.05, 0) is 31.5 Å². The molecule has 3 aliphatic heterocycles. The molecule has 0 saturated carbocycles. The van der Waals surface area contributed by atoms with Crippen molar-refractivity contribution in [3.8, 4) is 11.5 Å². The molecule has 134 valence electrons. The van der Waals surface area contributed by atoms with Gasteiger partial charge >= 0.3 is 0 Å². The maximum atomic E-state index is 12.6. The molecule has 0 bridgehead atoms. The van der Waals surface area contributed by atoms with E-state index in [1.54, 1.807) is 18.2 Å². The van der Waals surface area contributed by atoms with E-state index < -0.39 is 23.8 Å². The number of amides is 2. The summed E-state index contributed by atoms with van der Waals surface area (Å²) in [7, 11) is 0. The topological polar surface area (TPSA) is 109 Å². The lowest BCUT2D eigenvalue weighted by atomic mass is 9.79. The minimum Gasteiger partial charge on any atom is -0.486 e. The summed E-state index contributed by atoms with van der Waals surface area (Å²) in [6.07, 6.45) is 0.399. The number of nitrogens with one attached hydrogen (secondary N) is 3. The summed E-state index contributed by atoms with van der Waals surface area (Å²) in [5, 5.41) is 19.2. The lowest BCUT2D eigenvalue weighted by Crippen LogP contribution is -2.65. The zero-order valence-electron chi connectivity index (χ0n) is 13.7. The second-order valence-electron chi connectivity index (χ2n) is 6.56. The van der Waals surface area contributed by atoms with Crippen LogP contribution in [0.25, 0.3) is 0 Å². The van der Waals surface area contributed by atoms with Crippen molar-refractivity contribution < 1.29 is 24.2 Å². The summed E-state index contributed by atoms with van der Waals surface area (Å²) >= 11 is 0. The van der Waals surface area contributed by atoms with Gasteiger partial charge in [-0.2, -0.15) is 0 Å². The lowest BCUT2D eigenvalue weighted by Gasteiger charge is -2.42. The van der Waals surface area contributed by atoms with Crippen LogP contribution in [0.15, 0.2) is 18.2 Å². The van der Waals surface area contributed by atoms with E-state index in [4.69, 9.17) is 9.47 Å². The van der Waals surface area contributed by atoms with Gasteiger partial charge in [0, 0.05) is 17.7 Å². The fraction of sp³-hybridized carbons (Fsp3) is 0.529. The normalized spacial score (nSPS) is 30.8. The second-order valence-corrected chi connectivity index (χ2v) is 6.56. The maximum Gasteiger partial charge on any atom is 0.239 e. The van der Waals surface area contributed by atoms with Crippen LogP contribution < -0.4 is 25.4 Å². The molecule has 4 unspecified atom stereocenters. The summed E-state index contributed by atoms with van der Waals surface area (Å²) in [6.45, 7) is 1.73. The number of ether oxygens (including phenoxy) is 2. The second kappa shape index (κ2) is 6.53. The summed E-state index contributed by atoms with van der Waals surface area (Å²) in [6, 6.07) is 5.05. The third-order valence-electron chi connectivity index (χ3n) is 4.96. The first-order chi connectivity index (χ1) is 12.1. The molecule has 1 aromatic carbocycles. The van der Waals surface area contributed by atoms with Crippen LogP contribution in [0.1, 0.15) is 12.8 Å². The predicted molar refractivity (Wildman–Crippen MR) is 88.2 cm³/mol. The van der Waals surface area contributed by atoms with Crippen molar-refractivity contribution in [1.82, 2.24) is 10.6 Å². The standard InChI is InChI=1S/C17H21N3O5/c21-14-10-2-1-5-18-15(10)20-17(23)13(14)16(22)19-9-3-4-11-12(8-9)25-7-6-24-11/h3-4,8,10,13-15,18,21H,1-2,5-7H2,(H,19,22)(H,20,23). The van der Waals surface area contributed by atoms with E-state index in [0.717, 1.165) is 19.4 Å². The first-order valence-electron chi connectivity index (χ1n) is 8.56. The van der Waals surface area contributed by atoms with E-state index in [-0.39, 0.29) is 12.1 Å². The number of benzene rings is 1. The van der Waals surface area contributed by atoms with Crippen LogP contribution in [0.5, 0.6) is 11.5 Å². The molecular weight excluding hydrogens is 326 g/mol. The van der Waals surface area contributed by atoms with E-state index in [2.05, 4.69) is 16.0 Å². The van der Waals surface area contributed by atoms with Crippen LogP contribution in [0.4, 0.5) is 5.69 Å². The van der Waals surface area contributed by atoms with Crippen LogP contribution in [0.2, 0.25) is 0 Å². The van der Waals surface area contributed by atoms with Gasteiger partial charge in [-0.25, -0.2) is 0 Å². The highest BCUT2D eigenvalue weighted by Gasteiger charge is 2.47. The SMILES string of the molecule is O=C(Nc1ccc2c(c1)OCCO2)C1C(=O)NC2NCCCC2C1O. The Hall–Kier alpha value is -2.32. The van der Waals surface area contributed by atoms with Gasteiger partial charge in [0.05, 0.1) is 12.3 Å². The number of carbonyl (C=O) groups excluding carboxylic acids is 2. The van der Waals surface area contributed by atoms with Gasteiger partial charge in [0.25, 0.3) is 0 Å². The summed E-state index contributed by atoms with van der Waals surface area (Å²) in [5.74, 6) is -1.11. The number of hydrogen-bond acceptors (Lipinski definition) is 6. The fourth-order valence-electron chi connectivity index (χ4n) is 3.70. The van der Waals surface area contributed by atoms with E-state index >= 15 is 0 Å². The van der Waals surface area contributed by atoms with Gasteiger partial charge < -0.3 is 25.2 Å². The minimum absolute atomic E-state index is 0.164. The Morgan fingerprint density at radius 3 is 2.88 bits per heavy atom. The molecule has 8 nitrogen and oxygen atoms in total. The third-order valence-corrected chi connectivity index (χ3v) is 4.96. The summed E-state index contributed by atoms with van der Waals surface area (Å²) < 4.78 is 10.9. The van der Waals surface area contributed by atoms with Crippen LogP contribution >= 0.6 is 0 Å². The Balaban J connectivity index is 1.49. The first kappa shape index (κ1) is 16.2. The number of anilines is 1. The van der Waals surface area contributed by atoms with Gasteiger partial charge in [-0.3, -0.25) is 14.9 Å². The third kappa shape index (κ3) is 3.03. The van der Waals surface area contributed by atoms with E-state index in [1.165, 1.54) is 0 Å². The van der Waals surface area contributed by atoms with E-state index in [0.29, 0.717) is 30.4 Å². The molecule has 8 heteroatoms. The number of carbonyl (C=O) groups is 2. The number of aliphatic hydroxyl groups excluding tert-OH is 1. The van der Waals surface area contributed by atoms with E-state index in [1.807, 2.05) is 0 Å². The van der Waals surface area contributed by atoms with Crippen molar-refractivity contribution >= 4 is 17.5 Å². The highest BCUT2D eigenvalue weighted by molar-refractivity contribution is 6.07. The molecule has 1 aromatic rings. The molecule has 3 heterocycles. The van der Waals surface area contributed by atoms with Crippen molar-refractivity contribution in [2.75, 3.05) is 25.1 Å². The molecule has 25 heavy (non-hydrogen) atoms.